The first-order valence-corrected chi connectivity index (χ1v) is 10.3. The van der Waals surface area contributed by atoms with Crippen LogP contribution in [0.5, 0.6) is 0 Å². The van der Waals surface area contributed by atoms with E-state index in [1.807, 2.05) is 30.3 Å². The number of guanidine groups is 1. The Hall–Kier alpha value is -1.85. The number of rotatable bonds is 8. The van der Waals surface area contributed by atoms with Crippen LogP contribution < -0.4 is 10.6 Å². The van der Waals surface area contributed by atoms with Crippen LogP contribution in [0.2, 0.25) is 0 Å². The van der Waals surface area contributed by atoms with Crippen molar-refractivity contribution in [3.63, 3.8) is 0 Å². The molecule has 2 aromatic carbocycles. The Kier molecular flexibility index (Phi) is 10.7. The van der Waals surface area contributed by atoms with E-state index in [0.717, 1.165) is 25.1 Å². The van der Waals surface area contributed by atoms with E-state index in [9.17, 15) is 13.2 Å². The van der Waals surface area contributed by atoms with Crippen LogP contribution in [0, 0.1) is 5.92 Å². The van der Waals surface area contributed by atoms with Crippen molar-refractivity contribution in [3.05, 3.63) is 71.3 Å². The van der Waals surface area contributed by atoms with Crippen LogP contribution >= 0.6 is 24.0 Å². The molecule has 9 heteroatoms. The van der Waals surface area contributed by atoms with Crippen molar-refractivity contribution >= 4 is 29.9 Å². The molecule has 2 aromatic rings. The van der Waals surface area contributed by atoms with Gasteiger partial charge in [-0.2, -0.15) is 13.2 Å². The molecular weight excluding hydrogens is 534 g/mol. The van der Waals surface area contributed by atoms with E-state index >= 15 is 0 Å². The third-order valence-electron chi connectivity index (χ3n) is 5.11. The van der Waals surface area contributed by atoms with Crippen molar-refractivity contribution in [2.24, 2.45) is 10.9 Å². The zero-order chi connectivity index (χ0) is 22.1. The second-order valence-corrected chi connectivity index (χ2v) is 7.48. The number of hydrogen-bond donors (Lipinski definition) is 2. The normalized spacial score (nSPS) is 18.8. The average molecular weight is 563 g/mol. The van der Waals surface area contributed by atoms with Crippen molar-refractivity contribution < 1.29 is 22.6 Å². The summed E-state index contributed by atoms with van der Waals surface area (Å²) in [4.78, 5) is 4.27. The Balaban J connectivity index is 0.00000363. The van der Waals surface area contributed by atoms with Gasteiger partial charge in [-0.25, -0.2) is 0 Å². The quantitative estimate of drug-likeness (QED) is 0.275. The lowest BCUT2D eigenvalue weighted by molar-refractivity contribution is -0.176. The second kappa shape index (κ2) is 13.0. The van der Waals surface area contributed by atoms with Gasteiger partial charge < -0.3 is 20.1 Å². The van der Waals surface area contributed by atoms with Crippen molar-refractivity contribution in [1.29, 1.82) is 0 Å². The summed E-state index contributed by atoms with van der Waals surface area (Å²) in [7, 11) is 1.72. The fraction of sp³-hybridized carbons (Fsp3) is 0.435. The van der Waals surface area contributed by atoms with E-state index in [1.165, 1.54) is 5.56 Å². The highest BCUT2D eigenvalue weighted by Gasteiger charge is 2.29. The predicted molar refractivity (Wildman–Crippen MR) is 129 cm³/mol. The van der Waals surface area contributed by atoms with Crippen LogP contribution in [0.1, 0.15) is 29.2 Å². The lowest BCUT2D eigenvalue weighted by Gasteiger charge is -2.21. The number of hydrogen-bond acceptors (Lipinski definition) is 3. The Bertz CT molecular complexity index is 833. The van der Waals surface area contributed by atoms with Crippen molar-refractivity contribution in [1.82, 2.24) is 10.6 Å². The highest BCUT2D eigenvalue weighted by atomic mass is 127. The molecular formula is C23H29F3IN3O2. The molecule has 1 aliphatic heterocycles. The van der Waals surface area contributed by atoms with E-state index in [1.54, 1.807) is 19.2 Å². The summed E-state index contributed by atoms with van der Waals surface area (Å²) in [5, 5.41) is 6.63. The zero-order valence-corrected chi connectivity index (χ0v) is 20.2. The van der Waals surface area contributed by atoms with Gasteiger partial charge in [-0.1, -0.05) is 54.6 Å². The van der Waals surface area contributed by atoms with Gasteiger partial charge in [0.2, 0.25) is 0 Å². The van der Waals surface area contributed by atoms with Crippen molar-refractivity contribution in [2.75, 3.05) is 26.8 Å². The molecule has 0 bridgehead atoms. The van der Waals surface area contributed by atoms with E-state index < -0.39 is 12.8 Å². The Morgan fingerprint density at radius 2 is 1.75 bits per heavy atom. The van der Waals surface area contributed by atoms with Gasteiger partial charge in [0.25, 0.3) is 0 Å². The molecule has 1 aliphatic rings. The van der Waals surface area contributed by atoms with Crippen molar-refractivity contribution in [2.45, 2.75) is 31.9 Å². The minimum atomic E-state index is -4.31. The fourth-order valence-electron chi connectivity index (χ4n) is 3.53. The molecule has 5 nitrogen and oxygen atoms in total. The Morgan fingerprint density at radius 3 is 2.41 bits per heavy atom. The molecule has 0 aliphatic carbocycles. The number of nitrogens with zero attached hydrogens (tertiary/aromatic N) is 1. The van der Waals surface area contributed by atoms with Gasteiger partial charge in [0, 0.05) is 32.7 Å². The molecule has 176 valence electrons. The van der Waals surface area contributed by atoms with Crippen LogP contribution in [0.4, 0.5) is 13.2 Å². The first-order chi connectivity index (χ1) is 14.9. The third kappa shape index (κ3) is 8.59. The third-order valence-corrected chi connectivity index (χ3v) is 5.11. The molecule has 32 heavy (non-hydrogen) atoms. The van der Waals surface area contributed by atoms with Gasteiger partial charge in [0.1, 0.15) is 6.61 Å². The van der Waals surface area contributed by atoms with Gasteiger partial charge in [0.05, 0.1) is 12.7 Å². The van der Waals surface area contributed by atoms with Gasteiger partial charge in [-0.15, -0.1) is 24.0 Å². The minimum absolute atomic E-state index is 0. The van der Waals surface area contributed by atoms with E-state index in [-0.39, 0.29) is 36.7 Å². The molecule has 0 spiro atoms. The Morgan fingerprint density at radius 1 is 1.06 bits per heavy atom. The first-order valence-electron chi connectivity index (χ1n) is 10.3. The molecule has 0 saturated carbocycles. The molecule has 3 rings (SSSR count). The summed E-state index contributed by atoms with van der Waals surface area (Å²) in [5.41, 5.74) is 2.88. The summed E-state index contributed by atoms with van der Waals surface area (Å²) >= 11 is 0. The maximum atomic E-state index is 12.1. The molecule has 1 fully saturated rings. The highest BCUT2D eigenvalue weighted by Crippen LogP contribution is 2.33. The van der Waals surface area contributed by atoms with E-state index in [4.69, 9.17) is 4.74 Å². The zero-order valence-electron chi connectivity index (χ0n) is 17.9. The molecule has 0 aromatic heterocycles. The topological polar surface area (TPSA) is 54.9 Å². The monoisotopic (exact) mass is 563 g/mol. The van der Waals surface area contributed by atoms with Crippen LogP contribution in [0.15, 0.2) is 59.6 Å². The van der Waals surface area contributed by atoms with E-state index in [2.05, 4.69) is 32.5 Å². The lowest BCUT2D eigenvalue weighted by atomic mass is 9.95. The number of alkyl halides is 3. The fourth-order valence-corrected chi connectivity index (χ4v) is 3.53. The van der Waals surface area contributed by atoms with Crippen LogP contribution in [-0.2, 0) is 22.6 Å². The molecule has 2 atom stereocenters. The standard InChI is InChI=1S/C23H28F3N3O2.HI/c1-27-22(29-14-20-11-12-31-21(20)19-5-3-2-4-6-19)28-13-17-7-9-18(10-8-17)15-30-16-23(24,25)26;/h2-10,20-21H,11-16H2,1H3,(H2,27,28,29);1H. The number of ether oxygens (including phenoxy) is 2. The van der Waals surface area contributed by atoms with Crippen LogP contribution in [0.3, 0.4) is 0 Å². The minimum Gasteiger partial charge on any atom is -0.373 e. The summed E-state index contributed by atoms with van der Waals surface area (Å²) in [6.45, 7) is 0.732. The average Bonchev–Trinajstić information content (AvgIpc) is 3.23. The molecule has 1 heterocycles. The second-order valence-electron chi connectivity index (χ2n) is 7.48. The maximum absolute atomic E-state index is 12.1. The molecule has 1 saturated heterocycles. The smallest absolute Gasteiger partial charge is 0.373 e. The molecule has 2 unspecified atom stereocenters. The SMILES string of the molecule is CN=C(NCc1ccc(COCC(F)(F)F)cc1)NCC1CCOC1c1ccccc1.I. The largest absolute Gasteiger partial charge is 0.411 e. The first kappa shape index (κ1) is 26.4. The van der Waals surface area contributed by atoms with E-state index in [0.29, 0.717) is 24.0 Å². The van der Waals surface area contributed by atoms with Gasteiger partial charge >= 0.3 is 6.18 Å². The number of nitrogens with one attached hydrogen (secondary N) is 2. The Labute approximate surface area is 203 Å². The number of aliphatic imine (C=N–C) groups is 1. The van der Waals surface area contributed by atoms with Crippen LogP contribution in [-0.4, -0.2) is 38.9 Å². The van der Waals surface area contributed by atoms with Crippen LogP contribution in [0.25, 0.3) is 0 Å². The molecule has 0 radical (unpaired) electrons. The van der Waals surface area contributed by atoms with Gasteiger partial charge in [-0.3, -0.25) is 4.99 Å². The number of halogens is 4. The van der Waals surface area contributed by atoms with Crippen molar-refractivity contribution in [3.8, 4) is 0 Å². The number of benzene rings is 2. The summed E-state index contributed by atoms with van der Waals surface area (Å²) in [5.74, 6) is 1.05. The molecule has 0 amide bonds. The summed E-state index contributed by atoms with van der Waals surface area (Å²) in [6.07, 6.45) is -3.24. The highest BCUT2D eigenvalue weighted by molar-refractivity contribution is 14.0. The van der Waals surface area contributed by atoms with Gasteiger partial charge in [0.15, 0.2) is 5.96 Å². The summed E-state index contributed by atoms with van der Waals surface area (Å²) in [6, 6.07) is 17.5. The lowest BCUT2D eigenvalue weighted by Crippen LogP contribution is -2.39. The predicted octanol–water partition coefficient (Wildman–Crippen LogP) is 4.83. The van der Waals surface area contributed by atoms with Gasteiger partial charge in [-0.05, 0) is 23.1 Å². The molecule has 2 N–H and O–H groups in total. The maximum Gasteiger partial charge on any atom is 0.411 e. The summed E-state index contributed by atoms with van der Waals surface area (Å²) < 4.78 is 47.0.